The Morgan fingerprint density at radius 2 is 1.95 bits per heavy atom. The highest BCUT2D eigenvalue weighted by molar-refractivity contribution is 7.14. The van der Waals surface area contributed by atoms with Crippen molar-refractivity contribution in [2.75, 3.05) is 0 Å². The second-order valence-electron chi connectivity index (χ2n) is 6.03. The summed E-state index contributed by atoms with van der Waals surface area (Å²) in [5.74, 6) is 0.108. The topological polar surface area (TPSA) is 29.1 Å². The summed E-state index contributed by atoms with van der Waals surface area (Å²) >= 11 is 1.70. The molecule has 1 aromatic carbocycles. The minimum Gasteiger partial charge on any atom is -0.345 e. The molecular formula is C18H19NOS. The Hall–Kier alpha value is -1.61. The van der Waals surface area contributed by atoms with Crippen molar-refractivity contribution in [3.63, 3.8) is 0 Å². The van der Waals surface area contributed by atoms with Crippen LogP contribution < -0.4 is 5.32 Å². The smallest absolute Gasteiger partial charge is 0.261 e. The van der Waals surface area contributed by atoms with E-state index in [2.05, 4.69) is 35.6 Å². The van der Waals surface area contributed by atoms with Gasteiger partial charge in [0.1, 0.15) is 0 Å². The molecule has 2 aliphatic rings. The molecule has 0 aliphatic heterocycles. The van der Waals surface area contributed by atoms with Crippen LogP contribution in [-0.2, 0) is 19.3 Å². The van der Waals surface area contributed by atoms with Gasteiger partial charge in [0, 0.05) is 4.88 Å². The summed E-state index contributed by atoms with van der Waals surface area (Å²) in [5, 5.41) is 3.23. The van der Waals surface area contributed by atoms with Crippen molar-refractivity contribution in [3.8, 4) is 0 Å². The van der Waals surface area contributed by atoms with E-state index in [1.54, 1.807) is 11.3 Å². The van der Waals surface area contributed by atoms with Gasteiger partial charge in [0.2, 0.25) is 0 Å². The number of benzene rings is 1. The van der Waals surface area contributed by atoms with Crippen molar-refractivity contribution >= 4 is 17.2 Å². The Labute approximate surface area is 129 Å². The van der Waals surface area contributed by atoms with Crippen molar-refractivity contribution in [2.24, 2.45) is 0 Å². The minimum atomic E-state index is 0.108. The zero-order valence-corrected chi connectivity index (χ0v) is 12.8. The SMILES string of the molecule is O=C(NC1CCc2ccccc21)c1cc2c(s1)CCCC2. The van der Waals surface area contributed by atoms with Crippen molar-refractivity contribution in [1.29, 1.82) is 0 Å². The monoisotopic (exact) mass is 297 g/mol. The summed E-state index contributed by atoms with van der Waals surface area (Å²) < 4.78 is 0. The van der Waals surface area contributed by atoms with E-state index in [-0.39, 0.29) is 11.9 Å². The lowest BCUT2D eigenvalue weighted by Crippen LogP contribution is -2.26. The fourth-order valence-corrected chi connectivity index (χ4v) is 4.70. The molecule has 0 fully saturated rings. The van der Waals surface area contributed by atoms with Crippen LogP contribution in [0.3, 0.4) is 0 Å². The number of hydrogen-bond donors (Lipinski definition) is 1. The molecule has 4 rings (SSSR count). The van der Waals surface area contributed by atoms with E-state index in [0.29, 0.717) is 0 Å². The largest absolute Gasteiger partial charge is 0.345 e. The van der Waals surface area contributed by atoms with Crippen LogP contribution in [0, 0.1) is 0 Å². The highest BCUT2D eigenvalue weighted by Crippen LogP contribution is 2.33. The maximum absolute atomic E-state index is 12.5. The Balaban J connectivity index is 1.53. The number of nitrogens with one attached hydrogen (secondary N) is 1. The highest BCUT2D eigenvalue weighted by atomic mass is 32.1. The van der Waals surface area contributed by atoms with E-state index in [0.717, 1.165) is 30.6 Å². The molecule has 1 aromatic heterocycles. The first-order valence-corrected chi connectivity index (χ1v) is 8.63. The first kappa shape index (κ1) is 13.1. The number of thiophene rings is 1. The molecular weight excluding hydrogens is 278 g/mol. The van der Waals surface area contributed by atoms with Crippen molar-refractivity contribution < 1.29 is 4.79 Å². The Morgan fingerprint density at radius 1 is 1.10 bits per heavy atom. The van der Waals surface area contributed by atoms with Crippen LogP contribution in [0.5, 0.6) is 0 Å². The van der Waals surface area contributed by atoms with E-state index in [1.807, 2.05) is 0 Å². The molecule has 21 heavy (non-hydrogen) atoms. The average Bonchev–Trinajstić information content (AvgIpc) is 3.11. The maximum atomic E-state index is 12.5. The number of aryl methyl sites for hydroxylation is 3. The summed E-state index contributed by atoms with van der Waals surface area (Å²) in [6.07, 6.45) is 6.93. The van der Waals surface area contributed by atoms with Gasteiger partial charge in [-0.25, -0.2) is 0 Å². The zero-order valence-electron chi connectivity index (χ0n) is 12.0. The van der Waals surface area contributed by atoms with Gasteiger partial charge in [-0.3, -0.25) is 4.79 Å². The zero-order chi connectivity index (χ0) is 14.2. The molecule has 0 saturated heterocycles. The number of carbonyl (C=O) groups excluding carboxylic acids is 1. The number of amides is 1. The highest BCUT2D eigenvalue weighted by Gasteiger charge is 2.25. The molecule has 0 spiro atoms. The quantitative estimate of drug-likeness (QED) is 0.890. The number of fused-ring (bicyclic) bond motifs is 2. The van der Waals surface area contributed by atoms with Gasteiger partial charge in [-0.15, -0.1) is 11.3 Å². The predicted molar refractivity (Wildman–Crippen MR) is 85.9 cm³/mol. The normalized spacial score (nSPS) is 19.9. The van der Waals surface area contributed by atoms with E-state index < -0.39 is 0 Å². The molecule has 1 unspecified atom stereocenters. The van der Waals surface area contributed by atoms with Gasteiger partial charge in [-0.1, -0.05) is 24.3 Å². The first-order chi connectivity index (χ1) is 10.3. The van der Waals surface area contributed by atoms with E-state index in [9.17, 15) is 4.79 Å². The van der Waals surface area contributed by atoms with Gasteiger partial charge in [0.15, 0.2) is 0 Å². The number of hydrogen-bond acceptors (Lipinski definition) is 2. The third kappa shape index (κ3) is 2.40. The second kappa shape index (κ2) is 5.30. The first-order valence-electron chi connectivity index (χ1n) is 7.81. The molecule has 2 aromatic rings. The fourth-order valence-electron chi connectivity index (χ4n) is 3.54. The van der Waals surface area contributed by atoms with Crippen LogP contribution in [0.1, 0.15) is 56.5 Å². The molecule has 2 aliphatic carbocycles. The van der Waals surface area contributed by atoms with Gasteiger partial charge in [0.05, 0.1) is 10.9 Å². The number of carbonyl (C=O) groups is 1. The average molecular weight is 297 g/mol. The van der Waals surface area contributed by atoms with Gasteiger partial charge in [0.25, 0.3) is 5.91 Å². The van der Waals surface area contributed by atoms with E-state index in [4.69, 9.17) is 0 Å². The van der Waals surface area contributed by atoms with Crippen LogP contribution in [0.15, 0.2) is 30.3 Å². The molecule has 1 N–H and O–H groups in total. The van der Waals surface area contributed by atoms with Crippen molar-refractivity contribution in [1.82, 2.24) is 5.32 Å². The lowest BCUT2D eigenvalue weighted by atomic mass is 9.99. The Kier molecular flexibility index (Phi) is 3.30. The summed E-state index contributed by atoms with van der Waals surface area (Å²) in [6, 6.07) is 10.8. The van der Waals surface area contributed by atoms with E-state index in [1.165, 1.54) is 34.4 Å². The molecule has 0 bridgehead atoms. The summed E-state index contributed by atoms with van der Waals surface area (Å²) in [6.45, 7) is 0. The lowest BCUT2D eigenvalue weighted by molar-refractivity contribution is 0.0941. The van der Waals surface area contributed by atoms with Gasteiger partial charge in [-0.05, 0) is 61.3 Å². The molecule has 0 radical (unpaired) electrons. The molecule has 1 heterocycles. The van der Waals surface area contributed by atoms with Gasteiger partial charge in [-0.2, -0.15) is 0 Å². The molecule has 108 valence electrons. The van der Waals surface area contributed by atoms with Crippen LogP contribution in [-0.4, -0.2) is 5.91 Å². The lowest BCUT2D eigenvalue weighted by Gasteiger charge is -2.13. The standard InChI is InChI=1S/C18H19NOS/c20-18(17-11-13-6-2-4-8-16(13)21-17)19-15-10-9-12-5-1-3-7-14(12)15/h1,3,5,7,11,15H,2,4,6,8-10H2,(H,19,20). The minimum absolute atomic E-state index is 0.108. The van der Waals surface area contributed by atoms with Gasteiger partial charge >= 0.3 is 0 Å². The Morgan fingerprint density at radius 3 is 2.86 bits per heavy atom. The molecule has 1 atom stereocenters. The van der Waals surface area contributed by atoms with Crippen LogP contribution in [0.2, 0.25) is 0 Å². The molecule has 1 amide bonds. The predicted octanol–water partition coefficient (Wildman–Crippen LogP) is 4.04. The summed E-state index contributed by atoms with van der Waals surface area (Å²) in [5.41, 5.74) is 4.09. The second-order valence-corrected chi connectivity index (χ2v) is 7.17. The summed E-state index contributed by atoms with van der Waals surface area (Å²) in [7, 11) is 0. The molecule has 3 heteroatoms. The molecule has 0 saturated carbocycles. The van der Waals surface area contributed by atoms with Crippen molar-refractivity contribution in [2.45, 2.75) is 44.6 Å². The maximum Gasteiger partial charge on any atom is 0.261 e. The van der Waals surface area contributed by atoms with Crippen LogP contribution >= 0.6 is 11.3 Å². The van der Waals surface area contributed by atoms with Crippen LogP contribution in [0.25, 0.3) is 0 Å². The Bertz CT molecular complexity index is 665. The molecule has 2 nitrogen and oxygen atoms in total. The fraction of sp³-hybridized carbons (Fsp3) is 0.389. The third-order valence-corrected chi connectivity index (χ3v) is 5.89. The van der Waals surface area contributed by atoms with E-state index >= 15 is 0 Å². The van der Waals surface area contributed by atoms with Gasteiger partial charge < -0.3 is 5.32 Å². The van der Waals surface area contributed by atoms with Crippen LogP contribution in [0.4, 0.5) is 0 Å². The van der Waals surface area contributed by atoms with Crippen molar-refractivity contribution in [3.05, 3.63) is 56.8 Å². The third-order valence-electron chi connectivity index (χ3n) is 4.66. The number of rotatable bonds is 2. The summed E-state index contributed by atoms with van der Waals surface area (Å²) in [4.78, 5) is 14.9.